The Morgan fingerprint density at radius 3 is 2.83 bits per heavy atom. The second kappa shape index (κ2) is 7.19. The molecule has 1 saturated heterocycles. The van der Waals surface area contributed by atoms with Gasteiger partial charge in [-0.05, 0) is 29.3 Å². The van der Waals surface area contributed by atoms with Crippen molar-refractivity contribution in [2.45, 2.75) is 19.3 Å². The van der Waals surface area contributed by atoms with E-state index >= 15 is 0 Å². The van der Waals surface area contributed by atoms with Crippen LogP contribution >= 0.6 is 11.3 Å². The number of thiophene rings is 1. The molecule has 1 atom stereocenters. The fourth-order valence-corrected chi connectivity index (χ4v) is 3.53. The number of aryl methyl sites for hydroxylation is 1. The predicted molar refractivity (Wildman–Crippen MR) is 89.6 cm³/mol. The van der Waals surface area contributed by atoms with E-state index in [1.807, 2.05) is 16.8 Å². The minimum Gasteiger partial charge on any atom is -0.502 e. The van der Waals surface area contributed by atoms with E-state index < -0.39 is 17.1 Å². The monoisotopic (exact) mass is 349 g/mol. The molecule has 1 fully saturated rings. The van der Waals surface area contributed by atoms with Crippen LogP contribution in [0.2, 0.25) is 0 Å². The third-order valence-corrected chi connectivity index (χ3v) is 4.78. The van der Waals surface area contributed by atoms with Crippen LogP contribution in [0.1, 0.15) is 29.4 Å². The lowest BCUT2D eigenvalue weighted by Crippen LogP contribution is -2.41. The van der Waals surface area contributed by atoms with Gasteiger partial charge < -0.3 is 19.2 Å². The van der Waals surface area contributed by atoms with E-state index in [4.69, 9.17) is 9.15 Å². The van der Waals surface area contributed by atoms with E-state index in [9.17, 15) is 14.7 Å². The molecule has 0 saturated carbocycles. The minimum atomic E-state index is -0.493. The zero-order valence-corrected chi connectivity index (χ0v) is 14.2. The number of morpholine rings is 1. The average molecular weight is 349 g/mol. The lowest BCUT2D eigenvalue weighted by Gasteiger charge is -2.28. The molecule has 1 aliphatic heterocycles. The molecule has 0 unspecified atom stereocenters. The molecule has 0 aromatic carbocycles. The Hall–Kier alpha value is -2.12. The number of rotatable bonds is 4. The summed E-state index contributed by atoms with van der Waals surface area (Å²) in [5.41, 5.74) is 0.360. The molecule has 2 aromatic rings. The van der Waals surface area contributed by atoms with Crippen LogP contribution in [0.5, 0.6) is 5.75 Å². The highest BCUT2D eigenvalue weighted by atomic mass is 32.1. The number of carbonyl (C=O) groups excluding carboxylic acids is 1. The summed E-state index contributed by atoms with van der Waals surface area (Å²) in [6.45, 7) is 3.82. The summed E-state index contributed by atoms with van der Waals surface area (Å²) in [7, 11) is 0. The lowest BCUT2D eigenvalue weighted by atomic mass is 9.93. The summed E-state index contributed by atoms with van der Waals surface area (Å²) in [5.74, 6) is -0.393. The molecule has 7 heteroatoms. The normalized spacial score (nSPS) is 16.1. The van der Waals surface area contributed by atoms with Gasteiger partial charge in [0.25, 0.3) is 0 Å². The van der Waals surface area contributed by atoms with E-state index in [0.717, 1.165) is 5.56 Å². The first kappa shape index (κ1) is 16.7. The highest BCUT2D eigenvalue weighted by Gasteiger charge is 2.28. The Kier molecular flexibility index (Phi) is 5.01. The lowest BCUT2D eigenvalue weighted by molar-refractivity contribution is -0.135. The van der Waals surface area contributed by atoms with Crippen molar-refractivity contribution in [1.82, 2.24) is 4.90 Å². The Morgan fingerprint density at radius 1 is 1.42 bits per heavy atom. The van der Waals surface area contributed by atoms with Crippen LogP contribution in [0.3, 0.4) is 0 Å². The molecule has 1 aliphatic rings. The van der Waals surface area contributed by atoms with E-state index in [1.54, 1.807) is 11.8 Å². The summed E-state index contributed by atoms with van der Waals surface area (Å²) < 4.78 is 10.9. The molecule has 1 amide bonds. The SMILES string of the molecule is Cc1cc(=O)c(O)c([C@@H](CC(=O)N2CCOCC2)c2ccsc2)o1. The van der Waals surface area contributed by atoms with Crippen LogP contribution in [0, 0.1) is 6.92 Å². The fourth-order valence-electron chi connectivity index (χ4n) is 2.81. The smallest absolute Gasteiger partial charge is 0.227 e. The van der Waals surface area contributed by atoms with Crippen LogP contribution < -0.4 is 5.43 Å². The second-order valence-corrected chi connectivity index (χ2v) is 6.52. The molecule has 3 rings (SSSR count). The minimum absolute atomic E-state index is 0.0435. The van der Waals surface area contributed by atoms with Crippen LogP contribution in [-0.4, -0.2) is 42.2 Å². The molecule has 0 spiro atoms. The van der Waals surface area contributed by atoms with Crippen molar-refractivity contribution in [3.63, 3.8) is 0 Å². The van der Waals surface area contributed by atoms with Crippen molar-refractivity contribution in [1.29, 1.82) is 0 Å². The van der Waals surface area contributed by atoms with Gasteiger partial charge in [-0.15, -0.1) is 0 Å². The van der Waals surface area contributed by atoms with Crippen molar-refractivity contribution in [2.75, 3.05) is 26.3 Å². The van der Waals surface area contributed by atoms with Crippen molar-refractivity contribution in [3.05, 3.63) is 50.2 Å². The molecule has 0 aliphatic carbocycles. The van der Waals surface area contributed by atoms with Crippen molar-refractivity contribution in [2.24, 2.45) is 0 Å². The Morgan fingerprint density at radius 2 is 2.17 bits per heavy atom. The standard InChI is InChI=1S/C17H19NO5S/c1-11-8-14(19)16(21)17(23-11)13(12-2-7-24-10-12)9-15(20)18-3-5-22-6-4-18/h2,7-8,10,13,21H,3-6,9H2,1H3/t13-/m0/s1. The molecule has 0 radical (unpaired) electrons. The third-order valence-electron chi connectivity index (χ3n) is 4.08. The average Bonchev–Trinajstić information content (AvgIpc) is 3.11. The van der Waals surface area contributed by atoms with Gasteiger partial charge in [-0.1, -0.05) is 0 Å². The number of carbonyl (C=O) groups is 1. The number of hydrogen-bond donors (Lipinski definition) is 1. The maximum atomic E-state index is 12.6. The van der Waals surface area contributed by atoms with Gasteiger partial charge in [0, 0.05) is 25.6 Å². The van der Waals surface area contributed by atoms with E-state index in [0.29, 0.717) is 32.1 Å². The number of ether oxygens (including phenoxy) is 1. The molecule has 0 bridgehead atoms. The third kappa shape index (κ3) is 3.52. The van der Waals surface area contributed by atoms with Crippen molar-refractivity contribution < 1.29 is 19.1 Å². The Labute approximate surface area is 143 Å². The highest BCUT2D eigenvalue weighted by molar-refractivity contribution is 7.08. The van der Waals surface area contributed by atoms with Gasteiger partial charge in [-0.2, -0.15) is 11.3 Å². The Bertz CT molecular complexity index is 762. The fraction of sp³-hybridized carbons (Fsp3) is 0.412. The number of nitrogens with zero attached hydrogens (tertiary/aromatic N) is 1. The molecule has 2 aromatic heterocycles. The zero-order valence-electron chi connectivity index (χ0n) is 13.4. The highest BCUT2D eigenvalue weighted by Crippen LogP contribution is 2.34. The first-order valence-corrected chi connectivity index (χ1v) is 8.71. The summed E-state index contributed by atoms with van der Waals surface area (Å²) in [6.07, 6.45) is 0.136. The quantitative estimate of drug-likeness (QED) is 0.914. The molecule has 6 nitrogen and oxygen atoms in total. The van der Waals surface area contributed by atoms with Gasteiger partial charge in [0.15, 0.2) is 5.76 Å². The maximum absolute atomic E-state index is 12.6. The van der Waals surface area contributed by atoms with Crippen LogP contribution in [0.25, 0.3) is 0 Å². The van der Waals surface area contributed by atoms with Gasteiger partial charge in [-0.25, -0.2) is 0 Å². The number of amides is 1. The molecular formula is C17H19NO5S. The number of hydrogen-bond acceptors (Lipinski definition) is 6. The summed E-state index contributed by atoms with van der Waals surface area (Å²) in [5, 5.41) is 14.0. The van der Waals surface area contributed by atoms with Crippen LogP contribution in [-0.2, 0) is 9.53 Å². The largest absolute Gasteiger partial charge is 0.502 e. The van der Waals surface area contributed by atoms with E-state index in [-0.39, 0.29) is 18.1 Å². The van der Waals surface area contributed by atoms with Gasteiger partial charge in [0.05, 0.1) is 19.1 Å². The van der Waals surface area contributed by atoms with Gasteiger partial charge in [0.1, 0.15) is 5.76 Å². The molecule has 1 N–H and O–H groups in total. The van der Waals surface area contributed by atoms with Crippen molar-refractivity contribution >= 4 is 17.2 Å². The first-order chi connectivity index (χ1) is 11.6. The molecule has 128 valence electrons. The van der Waals surface area contributed by atoms with Crippen molar-refractivity contribution in [3.8, 4) is 5.75 Å². The van der Waals surface area contributed by atoms with E-state index in [2.05, 4.69) is 0 Å². The van der Waals surface area contributed by atoms with Gasteiger partial charge in [-0.3, -0.25) is 9.59 Å². The molecular weight excluding hydrogens is 330 g/mol. The Balaban J connectivity index is 1.93. The summed E-state index contributed by atoms with van der Waals surface area (Å²) in [6, 6.07) is 3.12. The van der Waals surface area contributed by atoms with Crippen LogP contribution in [0.15, 0.2) is 32.1 Å². The zero-order chi connectivity index (χ0) is 17.1. The van der Waals surface area contributed by atoms with Gasteiger partial charge >= 0.3 is 0 Å². The maximum Gasteiger partial charge on any atom is 0.227 e. The van der Waals surface area contributed by atoms with Gasteiger partial charge in [0.2, 0.25) is 17.1 Å². The predicted octanol–water partition coefficient (Wildman–Crippen LogP) is 2.10. The molecule has 3 heterocycles. The topological polar surface area (TPSA) is 80.0 Å². The number of aromatic hydroxyl groups is 1. The second-order valence-electron chi connectivity index (χ2n) is 5.74. The first-order valence-electron chi connectivity index (χ1n) is 7.77. The summed E-state index contributed by atoms with van der Waals surface area (Å²) >= 11 is 1.49. The summed E-state index contributed by atoms with van der Waals surface area (Å²) in [4.78, 5) is 26.3. The molecule has 24 heavy (non-hydrogen) atoms. The van der Waals surface area contributed by atoms with Crippen LogP contribution in [0.4, 0.5) is 0 Å². The van der Waals surface area contributed by atoms with E-state index in [1.165, 1.54) is 17.4 Å².